The molecule has 9 rings (SSSR count). The van der Waals surface area contributed by atoms with E-state index in [1.54, 1.807) is 26.0 Å². The van der Waals surface area contributed by atoms with Crippen LogP contribution >= 0.6 is 0 Å². The van der Waals surface area contributed by atoms with E-state index in [2.05, 4.69) is 82.3 Å². The van der Waals surface area contributed by atoms with Crippen LogP contribution in [0.1, 0.15) is 30.5 Å². The Bertz CT molecular complexity index is 2770. The van der Waals surface area contributed by atoms with Gasteiger partial charge in [0.15, 0.2) is 6.54 Å². The van der Waals surface area contributed by atoms with Gasteiger partial charge in [-0.1, -0.05) is 84.9 Å². The van der Waals surface area contributed by atoms with Gasteiger partial charge >= 0.3 is 0 Å². The van der Waals surface area contributed by atoms with Gasteiger partial charge in [-0.3, -0.25) is 4.79 Å². The molecule has 5 aromatic rings. The monoisotopic (exact) mass is 730 g/mol. The van der Waals surface area contributed by atoms with Crippen molar-refractivity contribution in [2.45, 2.75) is 37.0 Å². The Labute approximate surface area is 315 Å². The minimum Gasteiger partial charge on any atom is -0.456 e. The molecular formula is C46H40N3O4S+. The Morgan fingerprint density at radius 2 is 1.48 bits per heavy atom. The molecule has 3 heterocycles. The molecule has 1 amide bonds. The zero-order valence-electron chi connectivity index (χ0n) is 30.5. The van der Waals surface area contributed by atoms with Crippen molar-refractivity contribution >= 4 is 44.0 Å². The minimum atomic E-state index is -4.32. The molecule has 4 aliphatic rings. The van der Waals surface area contributed by atoms with Crippen molar-refractivity contribution in [3.8, 4) is 22.5 Å². The molecule has 268 valence electrons. The number of amides is 1. The molecule has 0 fully saturated rings. The molecule has 5 aromatic carbocycles. The summed E-state index contributed by atoms with van der Waals surface area (Å²) < 4.78 is 39.4. The summed E-state index contributed by atoms with van der Waals surface area (Å²) in [5.74, 6) is 0.118. The van der Waals surface area contributed by atoms with Gasteiger partial charge < -0.3 is 9.32 Å². The van der Waals surface area contributed by atoms with Crippen LogP contribution in [0.4, 0.5) is 17.1 Å². The minimum absolute atomic E-state index is 0.0496. The predicted octanol–water partition coefficient (Wildman–Crippen LogP) is 8.68. The first kappa shape index (κ1) is 33.8. The number of carbonyl (C=O) groups excluding carboxylic acids is 1. The average Bonchev–Trinajstić information content (AvgIpc) is 3.84. The fraction of sp³-hybridized carbons (Fsp3) is 0.174. The predicted molar refractivity (Wildman–Crippen MR) is 215 cm³/mol. The Hall–Kier alpha value is -5.99. The van der Waals surface area contributed by atoms with Crippen molar-refractivity contribution in [1.82, 2.24) is 8.88 Å². The van der Waals surface area contributed by atoms with E-state index in [1.165, 1.54) is 29.5 Å². The highest BCUT2D eigenvalue weighted by Gasteiger charge is 2.39. The second-order valence-electron chi connectivity index (χ2n) is 14.7. The fourth-order valence-electron chi connectivity index (χ4n) is 8.23. The van der Waals surface area contributed by atoms with Crippen LogP contribution in [0, 0.1) is 0 Å². The lowest BCUT2D eigenvalue weighted by Crippen LogP contribution is -2.44. The van der Waals surface area contributed by atoms with E-state index in [0.29, 0.717) is 16.9 Å². The molecular weight excluding hydrogens is 691 g/mol. The van der Waals surface area contributed by atoms with E-state index >= 15 is 0 Å². The zero-order chi connectivity index (χ0) is 37.2. The second kappa shape index (κ2) is 12.8. The van der Waals surface area contributed by atoms with Crippen LogP contribution in [0.3, 0.4) is 0 Å². The summed E-state index contributed by atoms with van der Waals surface area (Å²) in [4.78, 5) is 16.4. The summed E-state index contributed by atoms with van der Waals surface area (Å²) in [6.45, 7) is 5.22. The van der Waals surface area contributed by atoms with Gasteiger partial charge in [-0.15, -0.1) is 0 Å². The third-order valence-corrected chi connectivity index (χ3v) is 13.0. The van der Waals surface area contributed by atoms with Crippen molar-refractivity contribution in [2.24, 2.45) is 0 Å². The molecule has 0 atom stereocenters. The number of nitrogens with zero attached hydrogens (tertiary/aromatic N) is 3. The van der Waals surface area contributed by atoms with Crippen molar-refractivity contribution in [3.63, 3.8) is 0 Å². The summed E-state index contributed by atoms with van der Waals surface area (Å²) in [6.07, 6.45) is 1.90. The smallest absolute Gasteiger partial charge is 0.266 e. The lowest BCUT2D eigenvalue weighted by Gasteiger charge is -2.30. The molecule has 0 unspecified atom stereocenters. The fourth-order valence-corrected chi connectivity index (χ4v) is 9.67. The summed E-state index contributed by atoms with van der Waals surface area (Å²) in [5, 5.41) is 1.78. The average molecular weight is 731 g/mol. The highest BCUT2D eigenvalue weighted by molar-refractivity contribution is 7.89. The largest absolute Gasteiger partial charge is 0.456 e. The van der Waals surface area contributed by atoms with Crippen molar-refractivity contribution < 1.29 is 17.6 Å². The Kier molecular flexibility index (Phi) is 8.05. The van der Waals surface area contributed by atoms with Gasteiger partial charge in [0.05, 0.1) is 16.4 Å². The number of carbonyl (C=O) groups is 1. The summed E-state index contributed by atoms with van der Waals surface area (Å²) in [7, 11) is -2.96. The number of para-hydroxylation sites is 2. The Morgan fingerprint density at radius 3 is 2.31 bits per heavy atom. The van der Waals surface area contributed by atoms with Gasteiger partial charge in [-0.2, -0.15) is 4.58 Å². The number of rotatable bonds is 6. The lowest BCUT2D eigenvalue weighted by atomic mass is 9.84. The van der Waals surface area contributed by atoms with Gasteiger partial charge in [0.2, 0.25) is 17.0 Å². The van der Waals surface area contributed by atoms with Crippen molar-refractivity contribution in [3.05, 3.63) is 162 Å². The number of fused-ring (bicyclic) bond motifs is 4. The number of anilines is 2. The van der Waals surface area contributed by atoms with Gasteiger partial charge in [0.1, 0.15) is 11.3 Å². The normalized spacial score (nSPS) is 15.1. The lowest BCUT2D eigenvalue weighted by molar-refractivity contribution is -0.130. The number of hydrogen-bond donors (Lipinski definition) is 0. The number of sulfonamides is 1. The molecule has 1 aliphatic carbocycles. The van der Waals surface area contributed by atoms with Crippen LogP contribution in [0.2, 0.25) is 0 Å². The van der Waals surface area contributed by atoms with Crippen LogP contribution in [0.25, 0.3) is 33.4 Å². The third kappa shape index (κ3) is 5.43. The highest BCUT2D eigenvalue weighted by atomic mass is 32.2. The molecule has 0 N–H and O–H groups in total. The molecule has 54 heavy (non-hydrogen) atoms. The summed E-state index contributed by atoms with van der Waals surface area (Å²) >= 11 is 0. The quantitative estimate of drug-likeness (QED) is 0.127. The van der Waals surface area contributed by atoms with Crippen LogP contribution in [-0.2, 0) is 33.1 Å². The number of likely N-dealkylation sites (N-methyl/N-ethyl adjacent to an activating group) is 1. The van der Waals surface area contributed by atoms with Gasteiger partial charge in [0, 0.05) is 77.2 Å². The standard InChI is InChI=1S/C46H40N3O4S/c1-46(2,33-15-5-4-6-16-33)45(50)47(3)54(51,52)43-20-12-9-17-38(43)44-36-23-21-34(48-27-25-31-13-7-10-18-39(31)48)29-41(36)53-42-30-35(22-24-37(42)44)49-28-26-32-14-8-11-19-40(32)49/h4-24,29-30H,25-28H2,1-3H3/q+1. The maximum absolute atomic E-state index is 14.7. The van der Waals surface area contributed by atoms with Crippen LogP contribution in [-0.4, -0.2) is 38.8 Å². The first-order valence-electron chi connectivity index (χ1n) is 18.4. The number of benzene rings is 6. The number of hydrogen-bond acceptors (Lipinski definition) is 5. The molecule has 0 bridgehead atoms. The topological polar surface area (TPSA) is 73.8 Å². The first-order valence-corrected chi connectivity index (χ1v) is 19.8. The highest BCUT2D eigenvalue weighted by Crippen LogP contribution is 2.45. The van der Waals surface area contributed by atoms with E-state index < -0.39 is 21.3 Å². The molecule has 0 saturated heterocycles. The molecule has 7 nitrogen and oxygen atoms in total. The van der Waals surface area contributed by atoms with E-state index in [9.17, 15) is 13.2 Å². The molecule has 0 radical (unpaired) electrons. The van der Waals surface area contributed by atoms with Gasteiger partial charge in [-0.25, -0.2) is 12.7 Å². The molecule has 3 aliphatic heterocycles. The summed E-state index contributed by atoms with van der Waals surface area (Å²) in [6, 6.07) is 45.5. The van der Waals surface area contributed by atoms with Crippen molar-refractivity contribution in [2.75, 3.05) is 25.0 Å². The van der Waals surface area contributed by atoms with Crippen LogP contribution < -0.4 is 14.8 Å². The first-order chi connectivity index (χ1) is 26.1. The van der Waals surface area contributed by atoms with Crippen molar-refractivity contribution in [1.29, 1.82) is 0 Å². The Morgan fingerprint density at radius 1 is 0.759 bits per heavy atom. The Balaban J connectivity index is 1.25. The van der Waals surface area contributed by atoms with E-state index in [-0.39, 0.29) is 4.90 Å². The SMILES string of the molecule is CN(C(=O)C(C)(C)c1ccccc1)S(=O)(=O)c1ccccc1-c1c2ccc(=[N+]3CCc4ccccc43)cc-2oc2cc(N3CCc4ccccc43)ccc12. The van der Waals surface area contributed by atoms with Gasteiger partial charge in [-0.05, 0) is 61.7 Å². The van der Waals surface area contributed by atoms with E-state index in [1.807, 2.05) is 54.6 Å². The third-order valence-electron chi connectivity index (χ3n) is 11.2. The molecule has 0 spiro atoms. The van der Waals surface area contributed by atoms with E-state index in [0.717, 1.165) is 63.4 Å². The van der Waals surface area contributed by atoms with Crippen LogP contribution in [0.5, 0.6) is 0 Å². The zero-order valence-corrected chi connectivity index (χ0v) is 31.3. The second-order valence-corrected chi connectivity index (χ2v) is 16.6. The van der Waals surface area contributed by atoms with Gasteiger partial charge in [0.25, 0.3) is 10.0 Å². The van der Waals surface area contributed by atoms with Crippen LogP contribution in [0.15, 0.2) is 149 Å². The maximum atomic E-state index is 14.7. The molecule has 8 heteroatoms. The summed E-state index contributed by atoms with van der Waals surface area (Å²) in [5.41, 5.74) is 8.26. The van der Waals surface area contributed by atoms with E-state index in [4.69, 9.17) is 4.42 Å². The molecule has 0 saturated carbocycles. The maximum Gasteiger partial charge on any atom is 0.266 e. The molecule has 0 aromatic heterocycles.